The predicted octanol–water partition coefficient (Wildman–Crippen LogP) is 1.50. The Hall–Kier alpha value is -0.710. The predicted molar refractivity (Wildman–Crippen MR) is 67.0 cm³/mol. The number of hydrogen-bond donors (Lipinski definition) is 2. The molecule has 2 rings (SSSR count). The highest BCUT2D eigenvalue weighted by Crippen LogP contribution is 2.32. The molecule has 1 aliphatic carbocycles. The molecule has 4 nitrogen and oxygen atoms in total. The average molecular weight is 257 g/mol. The molecule has 0 aromatic rings. The Morgan fingerprint density at radius 1 is 1.24 bits per heavy atom. The van der Waals surface area contributed by atoms with Crippen molar-refractivity contribution in [1.82, 2.24) is 5.32 Å². The number of carbonyl (C=O) groups excluding carboxylic acids is 1. The van der Waals surface area contributed by atoms with Gasteiger partial charge in [-0.2, -0.15) is 0 Å². The van der Waals surface area contributed by atoms with Crippen LogP contribution >= 0.6 is 11.8 Å². The van der Waals surface area contributed by atoms with E-state index in [9.17, 15) is 9.59 Å². The van der Waals surface area contributed by atoms with Crippen molar-refractivity contribution >= 4 is 23.6 Å². The van der Waals surface area contributed by atoms with Crippen molar-refractivity contribution in [3.05, 3.63) is 0 Å². The number of nitrogens with one attached hydrogen (secondary N) is 1. The minimum atomic E-state index is -0.711. The van der Waals surface area contributed by atoms with Gasteiger partial charge in [-0.15, -0.1) is 11.8 Å². The van der Waals surface area contributed by atoms with E-state index >= 15 is 0 Å². The van der Waals surface area contributed by atoms with Crippen molar-refractivity contribution in [2.45, 2.75) is 37.4 Å². The summed E-state index contributed by atoms with van der Waals surface area (Å²) in [4.78, 5) is 22.8. The molecule has 1 aliphatic heterocycles. The maximum atomic E-state index is 11.8. The fourth-order valence-electron chi connectivity index (χ4n) is 2.74. The lowest BCUT2D eigenvalue weighted by molar-refractivity contribution is -0.143. The van der Waals surface area contributed by atoms with Gasteiger partial charge in [0, 0.05) is 6.54 Å². The zero-order chi connectivity index (χ0) is 12.3. The zero-order valence-electron chi connectivity index (χ0n) is 9.85. The lowest BCUT2D eigenvalue weighted by atomic mass is 9.96. The van der Waals surface area contributed by atoms with Gasteiger partial charge in [0.25, 0.3) is 0 Å². The first-order chi connectivity index (χ1) is 8.18. The number of rotatable bonds is 4. The van der Waals surface area contributed by atoms with Crippen molar-refractivity contribution in [2.75, 3.05) is 12.3 Å². The normalized spacial score (nSPS) is 32.6. The maximum absolute atomic E-state index is 11.8. The minimum absolute atomic E-state index is 0.0969. The van der Waals surface area contributed by atoms with Crippen LogP contribution in [-0.2, 0) is 9.59 Å². The Morgan fingerprint density at radius 2 is 2.06 bits per heavy atom. The van der Waals surface area contributed by atoms with Crippen LogP contribution in [0.15, 0.2) is 0 Å². The van der Waals surface area contributed by atoms with E-state index in [-0.39, 0.29) is 23.0 Å². The summed E-state index contributed by atoms with van der Waals surface area (Å²) < 4.78 is 0. The number of carbonyl (C=O) groups is 2. The molecule has 5 heteroatoms. The van der Waals surface area contributed by atoms with E-state index in [2.05, 4.69) is 5.32 Å². The van der Waals surface area contributed by atoms with E-state index in [1.165, 1.54) is 0 Å². The fraction of sp³-hybridized carbons (Fsp3) is 0.833. The minimum Gasteiger partial charge on any atom is -0.481 e. The molecule has 0 aromatic heterocycles. The monoisotopic (exact) mass is 257 g/mol. The largest absolute Gasteiger partial charge is 0.481 e. The van der Waals surface area contributed by atoms with E-state index in [1.54, 1.807) is 11.8 Å². The Bertz CT molecular complexity index is 302. The second kappa shape index (κ2) is 5.76. The van der Waals surface area contributed by atoms with Gasteiger partial charge in [-0.1, -0.05) is 6.42 Å². The smallest absolute Gasteiger partial charge is 0.306 e. The number of amides is 1. The molecule has 0 aromatic carbocycles. The van der Waals surface area contributed by atoms with Crippen LogP contribution in [0, 0.1) is 11.8 Å². The van der Waals surface area contributed by atoms with Gasteiger partial charge in [-0.05, 0) is 37.4 Å². The highest BCUT2D eigenvalue weighted by molar-refractivity contribution is 8.00. The topological polar surface area (TPSA) is 66.4 Å². The lowest BCUT2D eigenvalue weighted by Gasteiger charge is -2.17. The SMILES string of the molecule is O=C(NCC1CCCC1C(=O)O)C1CCCS1. The Labute approximate surface area is 106 Å². The first kappa shape index (κ1) is 12.7. The van der Waals surface area contributed by atoms with Crippen LogP contribution in [0.4, 0.5) is 0 Å². The molecule has 0 radical (unpaired) electrons. The van der Waals surface area contributed by atoms with E-state index in [0.29, 0.717) is 6.54 Å². The molecule has 2 fully saturated rings. The standard InChI is InChI=1S/C12H19NO3S/c14-11(10-5-2-6-17-10)13-7-8-3-1-4-9(8)12(15)16/h8-10H,1-7H2,(H,13,14)(H,15,16). The molecule has 96 valence electrons. The van der Waals surface area contributed by atoms with Crippen LogP contribution in [-0.4, -0.2) is 34.5 Å². The van der Waals surface area contributed by atoms with Crippen LogP contribution < -0.4 is 5.32 Å². The highest BCUT2D eigenvalue weighted by atomic mass is 32.2. The number of carboxylic acid groups (broad SMARTS) is 1. The summed E-state index contributed by atoms with van der Waals surface area (Å²) in [7, 11) is 0. The van der Waals surface area contributed by atoms with Crippen LogP contribution in [0.25, 0.3) is 0 Å². The number of hydrogen-bond acceptors (Lipinski definition) is 3. The maximum Gasteiger partial charge on any atom is 0.306 e. The van der Waals surface area contributed by atoms with E-state index < -0.39 is 5.97 Å². The van der Waals surface area contributed by atoms with E-state index in [4.69, 9.17) is 5.11 Å². The van der Waals surface area contributed by atoms with Crippen LogP contribution in [0.3, 0.4) is 0 Å². The van der Waals surface area contributed by atoms with Gasteiger partial charge in [0.1, 0.15) is 0 Å². The second-order valence-corrected chi connectivity index (χ2v) is 6.19. The summed E-state index contributed by atoms with van der Waals surface area (Å²) in [6.07, 6.45) is 4.73. The molecule has 2 N–H and O–H groups in total. The van der Waals surface area contributed by atoms with Gasteiger partial charge in [-0.25, -0.2) is 0 Å². The van der Waals surface area contributed by atoms with Crippen LogP contribution in [0.2, 0.25) is 0 Å². The molecule has 2 aliphatic rings. The third-order valence-electron chi connectivity index (χ3n) is 3.74. The molecule has 3 unspecified atom stereocenters. The number of carboxylic acids is 1. The van der Waals surface area contributed by atoms with Crippen molar-refractivity contribution in [3.63, 3.8) is 0 Å². The summed E-state index contributed by atoms with van der Waals surface area (Å²) in [6.45, 7) is 0.535. The summed E-state index contributed by atoms with van der Waals surface area (Å²) in [5.74, 6) is 0.328. The Kier molecular flexibility index (Phi) is 4.31. The van der Waals surface area contributed by atoms with Crippen molar-refractivity contribution < 1.29 is 14.7 Å². The third kappa shape index (κ3) is 3.15. The third-order valence-corrected chi connectivity index (χ3v) is 5.11. The number of aliphatic carboxylic acids is 1. The number of thioether (sulfide) groups is 1. The van der Waals surface area contributed by atoms with Gasteiger partial charge >= 0.3 is 5.97 Å². The van der Waals surface area contributed by atoms with Crippen LogP contribution in [0.5, 0.6) is 0 Å². The first-order valence-corrected chi connectivity index (χ1v) is 7.35. The zero-order valence-corrected chi connectivity index (χ0v) is 10.7. The Morgan fingerprint density at radius 3 is 2.71 bits per heavy atom. The summed E-state index contributed by atoms with van der Waals surface area (Å²) in [5, 5.41) is 12.1. The van der Waals surface area contributed by atoms with E-state index in [0.717, 1.165) is 37.9 Å². The van der Waals surface area contributed by atoms with Crippen molar-refractivity contribution in [2.24, 2.45) is 11.8 Å². The van der Waals surface area contributed by atoms with Gasteiger partial charge in [0.05, 0.1) is 11.2 Å². The molecule has 1 amide bonds. The van der Waals surface area contributed by atoms with Crippen LogP contribution in [0.1, 0.15) is 32.1 Å². The molecule has 17 heavy (non-hydrogen) atoms. The summed E-state index contributed by atoms with van der Waals surface area (Å²) in [6, 6.07) is 0. The van der Waals surface area contributed by atoms with E-state index in [1.807, 2.05) is 0 Å². The summed E-state index contributed by atoms with van der Waals surface area (Å²) in [5.41, 5.74) is 0. The molecule has 0 spiro atoms. The lowest BCUT2D eigenvalue weighted by Crippen LogP contribution is -2.37. The molecule has 1 heterocycles. The molecule has 0 bridgehead atoms. The first-order valence-electron chi connectivity index (χ1n) is 6.30. The molecular weight excluding hydrogens is 238 g/mol. The van der Waals surface area contributed by atoms with Gasteiger partial charge in [-0.3, -0.25) is 9.59 Å². The average Bonchev–Trinajstić information content (AvgIpc) is 2.96. The molecule has 1 saturated carbocycles. The second-order valence-electron chi connectivity index (χ2n) is 4.88. The van der Waals surface area contributed by atoms with Gasteiger partial charge in [0.2, 0.25) is 5.91 Å². The fourth-order valence-corrected chi connectivity index (χ4v) is 3.92. The van der Waals surface area contributed by atoms with Crippen molar-refractivity contribution in [3.8, 4) is 0 Å². The summed E-state index contributed by atoms with van der Waals surface area (Å²) >= 11 is 1.71. The van der Waals surface area contributed by atoms with Crippen molar-refractivity contribution in [1.29, 1.82) is 0 Å². The highest BCUT2D eigenvalue weighted by Gasteiger charge is 2.33. The molecular formula is C12H19NO3S. The van der Waals surface area contributed by atoms with Gasteiger partial charge in [0.15, 0.2) is 0 Å². The molecule has 1 saturated heterocycles. The molecule has 3 atom stereocenters. The Balaban J connectivity index is 1.77. The quantitative estimate of drug-likeness (QED) is 0.801. The van der Waals surface area contributed by atoms with Gasteiger partial charge < -0.3 is 10.4 Å².